The summed E-state index contributed by atoms with van der Waals surface area (Å²) in [5.41, 5.74) is 3.09. The molecule has 0 fully saturated rings. The second kappa shape index (κ2) is 2.67. The van der Waals surface area contributed by atoms with Gasteiger partial charge in [0.1, 0.15) is 17.9 Å². The molecule has 2 heterocycles. The average molecular weight is 189 g/mol. The number of anilines is 1. The molecule has 72 valence electrons. The zero-order valence-electron chi connectivity index (χ0n) is 7.96. The van der Waals surface area contributed by atoms with E-state index in [1.165, 1.54) is 0 Å². The van der Waals surface area contributed by atoms with Gasteiger partial charge >= 0.3 is 0 Å². The van der Waals surface area contributed by atoms with Crippen molar-refractivity contribution < 1.29 is 9.15 Å². The van der Waals surface area contributed by atoms with Crippen molar-refractivity contribution >= 4 is 16.7 Å². The van der Waals surface area contributed by atoms with Crippen molar-refractivity contribution in [2.75, 3.05) is 18.5 Å². The lowest BCUT2D eigenvalue weighted by Crippen LogP contribution is -2.17. The fraction of sp³-hybridized carbons (Fsp3) is 0.273. The van der Waals surface area contributed by atoms with E-state index in [0.29, 0.717) is 0 Å². The van der Waals surface area contributed by atoms with Gasteiger partial charge in [-0.3, -0.25) is 0 Å². The molecule has 0 atom stereocenters. The monoisotopic (exact) mass is 189 g/mol. The van der Waals surface area contributed by atoms with Gasteiger partial charge in [0, 0.05) is 18.0 Å². The van der Waals surface area contributed by atoms with E-state index in [2.05, 4.69) is 5.32 Å². The molecule has 0 bridgehead atoms. The zero-order chi connectivity index (χ0) is 9.54. The molecular formula is C11H11NO2. The highest BCUT2D eigenvalue weighted by molar-refractivity contribution is 5.87. The van der Waals surface area contributed by atoms with Gasteiger partial charge in [0.25, 0.3) is 0 Å². The summed E-state index contributed by atoms with van der Waals surface area (Å²) in [5.74, 6) is 0.924. The van der Waals surface area contributed by atoms with E-state index >= 15 is 0 Å². The first-order valence-corrected chi connectivity index (χ1v) is 4.73. The Balaban J connectivity index is 2.29. The Morgan fingerprint density at radius 3 is 3.21 bits per heavy atom. The van der Waals surface area contributed by atoms with Crippen molar-refractivity contribution in [1.82, 2.24) is 0 Å². The SMILES string of the molecule is Cc1coc2cc3c(cc12)OCCN3. The summed E-state index contributed by atoms with van der Waals surface area (Å²) < 4.78 is 11.0. The molecule has 3 nitrogen and oxygen atoms in total. The van der Waals surface area contributed by atoms with Crippen LogP contribution < -0.4 is 10.1 Å². The van der Waals surface area contributed by atoms with Gasteiger partial charge in [0.2, 0.25) is 0 Å². The number of aryl methyl sites for hydroxylation is 1. The second-order valence-electron chi connectivity index (χ2n) is 3.54. The van der Waals surface area contributed by atoms with Crippen LogP contribution >= 0.6 is 0 Å². The van der Waals surface area contributed by atoms with E-state index in [-0.39, 0.29) is 0 Å². The Hall–Kier alpha value is -1.64. The molecule has 0 unspecified atom stereocenters. The third kappa shape index (κ3) is 0.985. The first-order chi connectivity index (χ1) is 6.84. The summed E-state index contributed by atoms with van der Waals surface area (Å²) in [6.07, 6.45) is 1.77. The van der Waals surface area contributed by atoms with Crippen molar-refractivity contribution in [3.05, 3.63) is 24.0 Å². The number of benzene rings is 1. The fourth-order valence-electron chi connectivity index (χ4n) is 1.79. The number of nitrogens with one attached hydrogen (secondary N) is 1. The van der Waals surface area contributed by atoms with E-state index in [4.69, 9.17) is 9.15 Å². The highest BCUT2D eigenvalue weighted by Crippen LogP contribution is 2.34. The first kappa shape index (κ1) is 7.74. The van der Waals surface area contributed by atoms with Crippen LogP contribution in [0.1, 0.15) is 5.56 Å². The lowest BCUT2D eigenvalue weighted by atomic mass is 10.1. The first-order valence-electron chi connectivity index (χ1n) is 4.73. The Kier molecular flexibility index (Phi) is 1.48. The molecule has 14 heavy (non-hydrogen) atoms. The molecule has 1 aromatic carbocycles. The lowest BCUT2D eigenvalue weighted by molar-refractivity contribution is 0.323. The maximum Gasteiger partial charge on any atom is 0.143 e. The minimum Gasteiger partial charge on any atom is -0.490 e. The molecule has 3 rings (SSSR count). The van der Waals surface area contributed by atoms with Gasteiger partial charge in [-0.25, -0.2) is 0 Å². The highest BCUT2D eigenvalue weighted by Gasteiger charge is 2.13. The van der Waals surface area contributed by atoms with Gasteiger partial charge in [-0.2, -0.15) is 0 Å². The van der Waals surface area contributed by atoms with Crippen LogP contribution in [0.2, 0.25) is 0 Å². The zero-order valence-corrected chi connectivity index (χ0v) is 7.96. The van der Waals surface area contributed by atoms with Gasteiger partial charge in [-0.05, 0) is 18.6 Å². The number of furan rings is 1. The van der Waals surface area contributed by atoms with E-state index in [1.54, 1.807) is 6.26 Å². The van der Waals surface area contributed by atoms with Gasteiger partial charge < -0.3 is 14.5 Å². The van der Waals surface area contributed by atoms with Crippen LogP contribution in [0, 0.1) is 6.92 Å². The molecule has 0 radical (unpaired) electrons. The van der Waals surface area contributed by atoms with Gasteiger partial charge in [0.15, 0.2) is 0 Å². The van der Waals surface area contributed by atoms with Crippen LogP contribution in [0.5, 0.6) is 5.75 Å². The van der Waals surface area contributed by atoms with Crippen LogP contribution in [-0.4, -0.2) is 13.2 Å². The van der Waals surface area contributed by atoms with Crippen molar-refractivity contribution in [2.45, 2.75) is 6.92 Å². The van der Waals surface area contributed by atoms with Gasteiger partial charge in [-0.1, -0.05) is 0 Å². The van der Waals surface area contributed by atoms with E-state index in [1.807, 2.05) is 19.1 Å². The van der Waals surface area contributed by atoms with Crippen molar-refractivity contribution in [3.63, 3.8) is 0 Å². The molecule has 0 spiro atoms. The molecule has 1 aromatic heterocycles. The predicted octanol–water partition coefficient (Wildman–Crippen LogP) is 2.55. The minimum absolute atomic E-state index is 0.732. The molecule has 1 N–H and O–H groups in total. The van der Waals surface area contributed by atoms with E-state index in [9.17, 15) is 0 Å². The Morgan fingerprint density at radius 1 is 1.36 bits per heavy atom. The quantitative estimate of drug-likeness (QED) is 0.691. The molecule has 0 aliphatic carbocycles. The Bertz CT molecular complexity index is 487. The largest absolute Gasteiger partial charge is 0.490 e. The van der Waals surface area contributed by atoms with Gasteiger partial charge in [0.05, 0.1) is 12.0 Å². The normalized spacial score (nSPS) is 14.6. The molecule has 2 aromatic rings. The molecule has 1 aliphatic rings. The summed E-state index contributed by atoms with van der Waals surface area (Å²) in [5, 5.41) is 4.41. The third-order valence-corrected chi connectivity index (χ3v) is 2.54. The summed E-state index contributed by atoms with van der Waals surface area (Å²) >= 11 is 0. The topological polar surface area (TPSA) is 34.4 Å². The van der Waals surface area contributed by atoms with Crippen molar-refractivity contribution in [3.8, 4) is 5.75 Å². The van der Waals surface area contributed by atoms with E-state index in [0.717, 1.165) is 41.1 Å². The number of hydrogen-bond donors (Lipinski definition) is 1. The lowest BCUT2D eigenvalue weighted by Gasteiger charge is -2.18. The molecular weight excluding hydrogens is 178 g/mol. The predicted molar refractivity (Wildman–Crippen MR) is 54.9 cm³/mol. The Labute approximate surface area is 81.7 Å². The molecule has 1 aliphatic heterocycles. The second-order valence-corrected chi connectivity index (χ2v) is 3.54. The van der Waals surface area contributed by atoms with Crippen LogP contribution in [0.4, 0.5) is 5.69 Å². The molecule has 0 saturated carbocycles. The van der Waals surface area contributed by atoms with Gasteiger partial charge in [-0.15, -0.1) is 0 Å². The number of ether oxygens (including phenoxy) is 1. The van der Waals surface area contributed by atoms with Crippen LogP contribution in [-0.2, 0) is 0 Å². The Morgan fingerprint density at radius 2 is 2.29 bits per heavy atom. The average Bonchev–Trinajstić information content (AvgIpc) is 2.57. The fourth-order valence-corrected chi connectivity index (χ4v) is 1.79. The highest BCUT2D eigenvalue weighted by atomic mass is 16.5. The number of rotatable bonds is 0. The summed E-state index contributed by atoms with van der Waals surface area (Å²) in [6.45, 7) is 3.63. The smallest absolute Gasteiger partial charge is 0.143 e. The molecule has 0 saturated heterocycles. The van der Waals surface area contributed by atoms with Crippen LogP contribution in [0.3, 0.4) is 0 Å². The maximum absolute atomic E-state index is 5.55. The number of hydrogen-bond acceptors (Lipinski definition) is 3. The summed E-state index contributed by atoms with van der Waals surface area (Å²) in [7, 11) is 0. The summed E-state index contributed by atoms with van der Waals surface area (Å²) in [6, 6.07) is 4.03. The standard InChI is InChI=1S/C11H11NO2/c1-7-6-14-10-5-9-11(4-8(7)10)13-3-2-12-9/h4-6,12H,2-3H2,1H3. The van der Waals surface area contributed by atoms with E-state index < -0.39 is 0 Å². The van der Waals surface area contributed by atoms with Crippen molar-refractivity contribution in [2.24, 2.45) is 0 Å². The number of fused-ring (bicyclic) bond motifs is 2. The van der Waals surface area contributed by atoms with Crippen molar-refractivity contribution in [1.29, 1.82) is 0 Å². The molecule has 0 amide bonds. The minimum atomic E-state index is 0.732. The molecule has 3 heteroatoms. The third-order valence-electron chi connectivity index (χ3n) is 2.54. The van der Waals surface area contributed by atoms with Crippen LogP contribution in [0.25, 0.3) is 11.0 Å². The summed E-state index contributed by atoms with van der Waals surface area (Å²) in [4.78, 5) is 0. The van der Waals surface area contributed by atoms with Crippen LogP contribution in [0.15, 0.2) is 22.8 Å². The maximum atomic E-state index is 5.55.